The van der Waals surface area contributed by atoms with Gasteiger partial charge in [0.25, 0.3) is 0 Å². The van der Waals surface area contributed by atoms with E-state index in [9.17, 15) is 0 Å². The maximum atomic E-state index is 8.72. The molecule has 0 amide bonds. The Morgan fingerprint density at radius 1 is 0.442 bits per heavy atom. The van der Waals surface area contributed by atoms with Crippen LogP contribution in [0.4, 0.5) is 0 Å². The molecule has 266 valence electrons. The summed E-state index contributed by atoms with van der Waals surface area (Å²) >= 11 is 0. The van der Waals surface area contributed by atoms with E-state index in [1.54, 1.807) is 14.2 Å². The Morgan fingerprint density at radius 3 is 1.09 bits per heavy atom. The molecule has 0 aromatic heterocycles. The van der Waals surface area contributed by atoms with Crippen LogP contribution in [0.5, 0.6) is 0 Å². The highest BCUT2D eigenvalue weighted by molar-refractivity contribution is 4.54. The maximum Gasteiger partial charge on any atom is 0.0781 e. The van der Waals surface area contributed by atoms with Crippen LogP contribution in [0, 0.1) is 0 Å². The summed E-state index contributed by atoms with van der Waals surface area (Å²) in [5.41, 5.74) is 0. The summed E-state index contributed by atoms with van der Waals surface area (Å²) in [5.74, 6) is 0. The molecule has 5 unspecified atom stereocenters. The van der Waals surface area contributed by atoms with E-state index in [0.29, 0.717) is 46.2 Å². The lowest BCUT2D eigenvalue weighted by Crippen LogP contribution is -2.25. The smallest absolute Gasteiger partial charge is 0.0781 e. The first-order valence-corrected chi connectivity index (χ1v) is 15.7. The summed E-state index contributed by atoms with van der Waals surface area (Å²) in [6.07, 6.45) is 4.56. The highest BCUT2D eigenvalue weighted by Gasteiger charge is 2.08. The van der Waals surface area contributed by atoms with Gasteiger partial charge in [-0.2, -0.15) is 0 Å². The monoisotopic (exact) mass is 634 g/mol. The van der Waals surface area contributed by atoms with Gasteiger partial charge < -0.3 is 58.3 Å². The van der Waals surface area contributed by atoms with Crippen LogP contribution in [0.1, 0.15) is 74.1 Å². The quantitative estimate of drug-likeness (QED) is 0.103. The molecule has 5 atom stereocenters. The summed E-state index contributed by atoms with van der Waals surface area (Å²) in [5, 5.41) is 33.9. The lowest BCUT2D eigenvalue weighted by molar-refractivity contribution is -0.0677. The highest BCUT2D eigenvalue weighted by Crippen LogP contribution is 1.99. The second-order valence-corrected chi connectivity index (χ2v) is 9.88. The second kappa shape index (κ2) is 43.6. The average molecular weight is 635 g/mol. The van der Waals surface area contributed by atoms with Crippen molar-refractivity contribution in [3.8, 4) is 0 Å². The Kier molecular flexibility index (Phi) is 50.1. The summed E-state index contributed by atoms with van der Waals surface area (Å²) in [6.45, 7) is 19.4. The van der Waals surface area contributed by atoms with Gasteiger partial charge in [-0.05, 0) is 47.5 Å². The van der Waals surface area contributed by atoms with Gasteiger partial charge in [-0.25, -0.2) is 0 Å². The van der Waals surface area contributed by atoms with Crippen LogP contribution in [-0.2, 0) is 37.9 Å². The van der Waals surface area contributed by atoms with Gasteiger partial charge in [0.15, 0.2) is 0 Å². The SMILES string of the molecule is CCCCOCCO.CCCCOCCOCCO.COC(C)COC(C)CO.COC(C)COC(C)COC(C)CO. The number of hydrogen-bond donors (Lipinski definition) is 4. The van der Waals surface area contributed by atoms with Crippen molar-refractivity contribution in [3.05, 3.63) is 0 Å². The van der Waals surface area contributed by atoms with Gasteiger partial charge in [0.1, 0.15) is 0 Å². The third-order valence-corrected chi connectivity index (χ3v) is 5.29. The topological polar surface area (TPSA) is 155 Å². The Bertz CT molecular complexity index is 424. The number of methoxy groups -OCH3 is 2. The fourth-order valence-corrected chi connectivity index (χ4v) is 2.23. The Labute approximate surface area is 263 Å². The Hall–Kier alpha value is -0.480. The molecule has 0 rings (SSSR count). The Balaban J connectivity index is -0.000000241. The zero-order valence-electron chi connectivity index (χ0n) is 29.0. The van der Waals surface area contributed by atoms with Crippen molar-refractivity contribution >= 4 is 0 Å². The summed E-state index contributed by atoms with van der Waals surface area (Å²) in [6, 6.07) is 0. The van der Waals surface area contributed by atoms with Crippen LogP contribution in [0.15, 0.2) is 0 Å². The zero-order chi connectivity index (χ0) is 33.6. The van der Waals surface area contributed by atoms with Crippen LogP contribution >= 0.6 is 0 Å². The molecule has 0 radical (unpaired) electrons. The van der Waals surface area contributed by atoms with Crippen LogP contribution in [-0.4, -0.2) is 151 Å². The molecule has 12 nitrogen and oxygen atoms in total. The summed E-state index contributed by atoms with van der Waals surface area (Å²) < 4.78 is 41.1. The molecule has 0 aliphatic carbocycles. The van der Waals surface area contributed by atoms with E-state index in [1.165, 1.54) is 0 Å². The van der Waals surface area contributed by atoms with E-state index in [-0.39, 0.29) is 56.9 Å². The fourth-order valence-electron chi connectivity index (χ4n) is 2.23. The first-order valence-electron chi connectivity index (χ1n) is 15.7. The van der Waals surface area contributed by atoms with E-state index in [4.69, 9.17) is 58.3 Å². The fraction of sp³-hybridized carbons (Fsp3) is 1.00. The molecule has 0 saturated carbocycles. The highest BCUT2D eigenvalue weighted by atomic mass is 16.6. The van der Waals surface area contributed by atoms with E-state index in [2.05, 4.69) is 13.8 Å². The first-order chi connectivity index (χ1) is 20.6. The van der Waals surface area contributed by atoms with Gasteiger partial charge in [-0.3, -0.25) is 0 Å². The third-order valence-electron chi connectivity index (χ3n) is 5.29. The summed E-state index contributed by atoms with van der Waals surface area (Å²) in [7, 11) is 3.29. The molecule has 12 heteroatoms. The molecular formula is C31H70O12. The zero-order valence-corrected chi connectivity index (χ0v) is 29.0. The number of aliphatic hydroxyl groups excluding tert-OH is 4. The minimum absolute atomic E-state index is 0.0293. The van der Waals surface area contributed by atoms with E-state index < -0.39 is 0 Å². The van der Waals surface area contributed by atoms with Crippen LogP contribution in [0.25, 0.3) is 0 Å². The van der Waals surface area contributed by atoms with Crippen LogP contribution < -0.4 is 0 Å². The molecule has 0 aliphatic heterocycles. The number of hydrogen-bond acceptors (Lipinski definition) is 12. The van der Waals surface area contributed by atoms with Gasteiger partial charge >= 0.3 is 0 Å². The largest absolute Gasteiger partial charge is 0.394 e. The normalized spacial score (nSPS) is 14.2. The molecule has 0 spiro atoms. The summed E-state index contributed by atoms with van der Waals surface area (Å²) in [4.78, 5) is 0. The molecule has 4 N–H and O–H groups in total. The van der Waals surface area contributed by atoms with Crippen LogP contribution in [0.3, 0.4) is 0 Å². The van der Waals surface area contributed by atoms with Crippen molar-refractivity contribution in [3.63, 3.8) is 0 Å². The van der Waals surface area contributed by atoms with Crippen molar-refractivity contribution < 1.29 is 58.3 Å². The number of ether oxygens (including phenoxy) is 8. The predicted octanol–water partition coefficient (Wildman–Crippen LogP) is 2.85. The standard InChI is InChI=1S/C10H22O4.C8H18O3.C7H16O3.C6H14O2/c1-8(5-11)13-7-10(3)14-6-9(2)12-4;1-2-3-5-10-7-8-11-6-4-9;1-6(4-8)10-5-7(2)9-3;1-2-3-5-8-6-4-7/h8-11H,5-7H2,1-4H3;9H,2-8H2,1H3;6-8H,4-5H2,1-3H3;7H,2-6H2,1H3. The molecule has 0 heterocycles. The number of unbranched alkanes of at least 4 members (excludes halogenated alkanes) is 2. The third kappa shape index (κ3) is 51.4. The van der Waals surface area contributed by atoms with Crippen molar-refractivity contribution in [2.24, 2.45) is 0 Å². The first kappa shape index (κ1) is 49.4. The molecule has 0 aromatic carbocycles. The van der Waals surface area contributed by atoms with E-state index >= 15 is 0 Å². The minimum atomic E-state index is -0.124. The van der Waals surface area contributed by atoms with Crippen molar-refractivity contribution in [2.45, 2.75) is 105 Å². The predicted molar refractivity (Wildman–Crippen MR) is 170 cm³/mol. The van der Waals surface area contributed by atoms with Gasteiger partial charge in [0.2, 0.25) is 0 Å². The Morgan fingerprint density at radius 2 is 0.767 bits per heavy atom. The van der Waals surface area contributed by atoms with Gasteiger partial charge in [0.05, 0.1) is 103 Å². The molecule has 0 aliphatic rings. The van der Waals surface area contributed by atoms with Gasteiger partial charge in [-0.1, -0.05) is 26.7 Å². The molecule has 43 heavy (non-hydrogen) atoms. The lowest BCUT2D eigenvalue weighted by atomic mass is 10.4. The van der Waals surface area contributed by atoms with Crippen LogP contribution in [0.2, 0.25) is 0 Å². The lowest BCUT2D eigenvalue weighted by Gasteiger charge is -2.18. The molecule has 0 saturated heterocycles. The van der Waals surface area contributed by atoms with Gasteiger partial charge in [-0.15, -0.1) is 0 Å². The molecule has 0 fully saturated rings. The maximum absolute atomic E-state index is 8.72. The van der Waals surface area contributed by atoms with Crippen molar-refractivity contribution in [2.75, 3.05) is 100 Å². The molecule has 0 bridgehead atoms. The van der Waals surface area contributed by atoms with E-state index in [1.807, 2.05) is 34.6 Å². The van der Waals surface area contributed by atoms with Crippen molar-refractivity contribution in [1.29, 1.82) is 0 Å². The second-order valence-electron chi connectivity index (χ2n) is 9.88. The number of aliphatic hydroxyl groups is 4. The average Bonchev–Trinajstić information content (AvgIpc) is 3.03. The number of rotatable bonds is 26. The van der Waals surface area contributed by atoms with E-state index in [0.717, 1.165) is 38.9 Å². The molecular weight excluding hydrogens is 564 g/mol. The van der Waals surface area contributed by atoms with Gasteiger partial charge in [0, 0.05) is 27.4 Å². The van der Waals surface area contributed by atoms with Crippen molar-refractivity contribution in [1.82, 2.24) is 0 Å². The minimum Gasteiger partial charge on any atom is -0.394 e. The molecule has 0 aromatic rings.